The predicted molar refractivity (Wildman–Crippen MR) is 151 cm³/mol. The lowest BCUT2D eigenvalue weighted by atomic mass is 10.2. The van der Waals surface area contributed by atoms with E-state index in [0.29, 0.717) is 35.4 Å². The van der Waals surface area contributed by atoms with Gasteiger partial charge in [0.1, 0.15) is 12.3 Å². The fourth-order valence-corrected chi connectivity index (χ4v) is 6.18. The molecular formula is C26H29ClN2O4S3. The summed E-state index contributed by atoms with van der Waals surface area (Å²) in [5.74, 6) is 1.71. The van der Waals surface area contributed by atoms with Crippen molar-refractivity contribution in [3.05, 3.63) is 83.4 Å². The summed E-state index contributed by atoms with van der Waals surface area (Å²) in [4.78, 5) is 13.9. The van der Waals surface area contributed by atoms with Crippen LogP contribution in [-0.4, -0.2) is 46.0 Å². The molecular weight excluding hydrogens is 536 g/mol. The zero-order chi connectivity index (χ0) is 26.0. The minimum atomic E-state index is -3.97. The Labute approximate surface area is 226 Å². The summed E-state index contributed by atoms with van der Waals surface area (Å²) >= 11 is 9.21. The summed E-state index contributed by atoms with van der Waals surface area (Å²) in [5, 5.41) is 3.53. The van der Waals surface area contributed by atoms with Crippen LogP contribution in [0.3, 0.4) is 0 Å². The molecule has 0 aromatic heterocycles. The first-order chi connectivity index (χ1) is 17.3. The number of halogens is 1. The van der Waals surface area contributed by atoms with Crippen molar-refractivity contribution in [2.24, 2.45) is 0 Å². The molecule has 3 aromatic carbocycles. The number of carbonyl (C=O) groups is 1. The Morgan fingerprint density at radius 3 is 2.42 bits per heavy atom. The summed E-state index contributed by atoms with van der Waals surface area (Å²) in [6.07, 6.45) is 1.92. The first-order valence-electron chi connectivity index (χ1n) is 11.3. The number of hydrogen-bond acceptors (Lipinski definition) is 6. The number of ether oxygens (including phenoxy) is 1. The van der Waals surface area contributed by atoms with Gasteiger partial charge in [-0.05, 0) is 79.4 Å². The van der Waals surface area contributed by atoms with Crippen LogP contribution in [0.15, 0.2) is 82.6 Å². The fraction of sp³-hybridized carbons (Fsp3) is 0.269. The van der Waals surface area contributed by atoms with Gasteiger partial charge in [-0.15, -0.1) is 11.8 Å². The highest BCUT2D eigenvalue weighted by Crippen LogP contribution is 2.27. The standard InChI is InChI=1S/C26H29ClN2O4S3/c1-3-33-23-9-7-22(8-10-23)29(36(31,32)25-13-11-24(34-2)12-14-25)18-26(30)28-15-16-35-19-20-5-4-6-21(27)17-20/h4-14,17H,3,15-16,18-19H2,1-2H3,(H,28,30). The molecule has 0 aliphatic carbocycles. The van der Waals surface area contributed by atoms with Crippen LogP contribution < -0.4 is 14.4 Å². The largest absolute Gasteiger partial charge is 0.494 e. The van der Waals surface area contributed by atoms with Gasteiger partial charge in [-0.2, -0.15) is 11.8 Å². The van der Waals surface area contributed by atoms with Crippen LogP contribution in [0.5, 0.6) is 5.75 Å². The van der Waals surface area contributed by atoms with Crippen molar-refractivity contribution < 1.29 is 17.9 Å². The minimum absolute atomic E-state index is 0.124. The van der Waals surface area contributed by atoms with Gasteiger partial charge in [0.25, 0.3) is 10.0 Å². The van der Waals surface area contributed by atoms with Crippen molar-refractivity contribution in [1.29, 1.82) is 0 Å². The quantitative estimate of drug-likeness (QED) is 0.212. The van der Waals surface area contributed by atoms with Crippen LogP contribution in [0.25, 0.3) is 0 Å². The fourth-order valence-electron chi connectivity index (χ4n) is 3.33. The maximum absolute atomic E-state index is 13.5. The Hall–Kier alpha value is -2.33. The Morgan fingerprint density at radius 2 is 1.78 bits per heavy atom. The van der Waals surface area contributed by atoms with Crippen LogP contribution in [0.4, 0.5) is 5.69 Å². The van der Waals surface area contributed by atoms with E-state index >= 15 is 0 Å². The van der Waals surface area contributed by atoms with Crippen molar-refractivity contribution >= 4 is 56.7 Å². The number of thioether (sulfide) groups is 2. The molecule has 0 radical (unpaired) electrons. The molecule has 0 atom stereocenters. The second-order valence-corrected chi connectivity index (χ2v) is 11.9. The second kappa shape index (κ2) is 13.8. The summed E-state index contributed by atoms with van der Waals surface area (Å²) in [7, 11) is -3.97. The van der Waals surface area contributed by atoms with E-state index in [1.165, 1.54) is 11.8 Å². The van der Waals surface area contributed by atoms with Crippen LogP contribution in [0.2, 0.25) is 5.02 Å². The molecule has 0 spiro atoms. The number of benzene rings is 3. The lowest BCUT2D eigenvalue weighted by molar-refractivity contribution is -0.119. The van der Waals surface area contributed by atoms with Gasteiger partial charge < -0.3 is 10.1 Å². The third kappa shape index (κ3) is 8.09. The van der Waals surface area contributed by atoms with Crippen molar-refractivity contribution in [2.45, 2.75) is 22.5 Å². The average Bonchev–Trinajstić information content (AvgIpc) is 2.88. The smallest absolute Gasteiger partial charge is 0.264 e. The first kappa shape index (κ1) is 28.2. The molecule has 0 fully saturated rings. The van der Waals surface area contributed by atoms with Crippen LogP contribution in [0, 0.1) is 0 Å². The van der Waals surface area contributed by atoms with Gasteiger partial charge in [0.05, 0.1) is 17.2 Å². The molecule has 1 amide bonds. The van der Waals surface area contributed by atoms with E-state index in [1.807, 2.05) is 37.4 Å². The third-order valence-corrected chi connectivity index (χ3v) is 8.89. The number of nitrogens with one attached hydrogen (secondary N) is 1. The van der Waals surface area contributed by atoms with E-state index in [0.717, 1.165) is 20.5 Å². The maximum atomic E-state index is 13.5. The maximum Gasteiger partial charge on any atom is 0.264 e. The van der Waals surface area contributed by atoms with Crippen LogP contribution in [0.1, 0.15) is 12.5 Å². The van der Waals surface area contributed by atoms with Gasteiger partial charge in [0.15, 0.2) is 0 Å². The Morgan fingerprint density at radius 1 is 1.06 bits per heavy atom. The summed E-state index contributed by atoms with van der Waals surface area (Å²) in [6.45, 7) is 2.46. The highest BCUT2D eigenvalue weighted by Gasteiger charge is 2.27. The van der Waals surface area contributed by atoms with Gasteiger partial charge in [-0.25, -0.2) is 8.42 Å². The van der Waals surface area contributed by atoms with Gasteiger partial charge in [-0.3, -0.25) is 9.10 Å². The molecule has 0 heterocycles. The average molecular weight is 565 g/mol. The predicted octanol–water partition coefficient (Wildman–Crippen LogP) is 5.71. The molecule has 0 saturated heterocycles. The van der Waals surface area contributed by atoms with E-state index in [1.54, 1.807) is 60.3 Å². The molecule has 3 aromatic rings. The molecule has 36 heavy (non-hydrogen) atoms. The third-order valence-electron chi connectivity index (χ3n) is 5.10. The van der Waals surface area contributed by atoms with Crippen LogP contribution in [-0.2, 0) is 20.6 Å². The van der Waals surface area contributed by atoms with Gasteiger partial charge >= 0.3 is 0 Å². The molecule has 1 N–H and O–H groups in total. The van der Waals surface area contributed by atoms with Gasteiger partial charge in [0, 0.05) is 28.0 Å². The molecule has 0 saturated carbocycles. The highest BCUT2D eigenvalue weighted by molar-refractivity contribution is 7.98. The molecule has 3 rings (SSSR count). The van der Waals surface area contributed by atoms with Crippen LogP contribution >= 0.6 is 35.1 Å². The highest BCUT2D eigenvalue weighted by atomic mass is 35.5. The molecule has 0 aliphatic rings. The first-order valence-corrected chi connectivity index (χ1v) is 15.5. The van der Waals surface area contributed by atoms with E-state index in [4.69, 9.17) is 16.3 Å². The summed E-state index contributed by atoms with van der Waals surface area (Å²) < 4.78 is 33.7. The molecule has 0 unspecified atom stereocenters. The number of nitrogens with zero attached hydrogens (tertiary/aromatic N) is 1. The second-order valence-electron chi connectivity index (χ2n) is 7.65. The zero-order valence-electron chi connectivity index (χ0n) is 20.1. The molecule has 192 valence electrons. The van der Waals surface area contributed by atoms with Crippen molar-refractivity contribution in [3.8, 4) is 5.75 Å². The van der Waals surface area contributed by atoms with E-state index in [9.17, 15) is 13.2 Å². The number of anilines is 1. The number of amides is 1. The summed E-state index contributed by atoms with van der Waals surface area (Å²) in [6, 6.07) is 21.0. The molecule has 0 bridgehead atoms. The number of carbonyl (C=O) groups excluding carboxylic acids is 1. The Bertz CT molecular complexity index is 1240. The van der Waals surface area contributed by atoms with E-state index in [-0.39, 0.29) is 17.3 Å². The van der Waals surface area contributed by atoms with E-state index < -0.39 is 10.0 Å². The Kier molecular flexibility index (Phi) is 10.9. The minimum Gasteiger partial charge on any atom is -0.494 e. The summed E-state index contributed by atoms with van der Waals surface area (Å²) in [5.41, 5.74) is 1.50. The number of sulfonamides is 1. The van der Waals surface area contributed by atoms with Crippen molar-refractivity contribution in [3.63, 3.8) is 0 Å². The SMILES string of the molecule is CCOc1ccc(N(CC(=O)NCCSCc2cccc(Cl)c2)S(=O)(=O)c2ccc(SC)cc2)cc1. The van der Waals surface area contributed by atoms with Crippen molar-refractivity contribution in [1.82, 2.24) is 5.32 Å². The monoisotopic (exact) mass is 564 g/mol. The lowest BCUT2D eigenvalue weighted by Gasteiger charge is -2.24. The van der Waals surface area contributed by atoms with Gasteiger partial charge in [-0.1, -0.05) is 23.7 Å². The number of rotatable bonds is 13. The Balaban J connectivity index is 1.68. The normalized spacial score (nSPS) is 11.2. The molecule has 6 nitrogen and oxygen atoms in total. The lowest BCUT2D eigenvalue weighted by Crippen LogP contribution is -2.41. The topological polar surface area (TPSA) is 75.7 Å². The molecule has 10 heteroatoms. The van der Waals surface area contributed by atoms with Gasteiger partial charge in [0.2, 0.25) is 5.91 Å². The van der Waals surface area contributed by atoms with E-state index in [2.05, 4.69) is 5.32 Å². The molecule has 0 aliphatic heterocycles. The van der Waals surface area contributed by atoms with Crippen molar-refractivity contribution in [2.75, 3.05) is 36.0 Å². The zero-order valence-corrected chi connectivity index (χ0v) is 23.4. The number of hydrogen-bond donors (Lipinski definition) is 1.